The molecule has 3 aromatic rings. The first-order chi connectivity index (χ1) is 13.3. The molecule has 6 nitrogen and oxygen atoms in total. The Morgan fingerprint density at radius 3 is 2.89 bits per heavy atom. The van der Waals surface area contributed by atoms with Crippen molar-refractivity contribution in [1.29, 1.82) is 0 Å². The van der Waals surface area contributed by atoms with Crippen molar-refractivity contribution in [3.8, 4) is 0 Å². The Kier molecular flexibility index (Phi) is 4.13. The van der Waals surface area contributed by atoms with Crippen LogP contribution in [0.1, 0.15) is 29.0 Å². The molecule has 0 saturated heterocycles. The molecule has 3 heterocycles. The highest BCUT2D eigenvalue weighted by molar-refractivity contribution is 5.94. The first kappa shape index (κ1) is 16.4. The summed E-state index contributed by atoms with van der Waals surface area (Å²) in [6, 6.07) is 13.6. The highest BCUT2D eigenvalue weighted by atomic mass is 16.5. The molecule has 0 N–H and O–H groups in total. The number of para-hydroxylation sites is 1. The Morgan fingerprint density at radius 2 is 2.00 bits per heavy atom. The van der Waals surface area contributed by atoms with E-state index in [4.69, 9.17) is 4.74 Å². The summed E-state index contributed by atoms with van der Waals surface area (Å²) in [5.74, 6) is 0.632. The molecule has 5 rings (SSSR count). The molecule has 1 saturated carbocycles. The van der Waals surface area contributed by atoms with Crippen LogP contribution in [-0.2, 0) is 17.8 Å². The van der Waals surface area contributed by atoms with Gasteiger partial charge in [0.05, 0.1) is 30.4 Å². The Balaban J connectivity index is 1.41. The molecule has 0 bridgehead atoms. The van der Waals surface area contributed by atoms with Gasteiger partial charge in [-0.1, -0.05) is 24.3 Å². The Labute approximate surface area is 157 Å². The fourth-order valence-corrected chi connectivity index (χ4v) is 3.58. The standard InChI is InChI=1S/C21H22N4O2/c26-21(20-8-7-16-3-1-2-4-19(16)23-20)24-11-17-9-10-22-25(17)13-18(12-24)27-14-15-5-6-15/h1-4,7-10,15,18H,5-6,11-14H2/t18-/m0/s1. The van der Waals surface area contributed by atoms with Gasteiger partial charge < -0.3 is 9.64 Å². The van der Waals surface area contributed by atoms with Crippen LogP contribution in [-0.4, -0.2) is 44.8 Å². The molecule has 2 aromatic heterocycles. The monoisotopic (exact) mass is 362 g/mol. The molecule has 6 heteroatoms. The zero-order valence-electron chi connectivity index (χ0n) is 15.1. The van der Waals surface area contributed by atoms with E-state index in [1.54, 1.807) is 6.20 Å². The first-order valence-corrected chi connectivity index (χ1v) is 9.53. The van der Waals surface area contributed by atoms with E-state index in [1.807, 2.05) is 52.0 Å². The largest absolute Gasteiger partial charge is 0.374 e. The van der Waals surface area contributed by atoms with Crippen LogP contribution >= 0.6 is 0 Å². The molecular weight excluding hydrogens is 340 g/mol. The van der Waals surface area contributed by atoms with Gasteiger partial charge in [-0.3, -0.25) is 9.48 Å². The number of ether oxygens (including phenoxy) is 1. The van der Waals surface area contributed by atoms with Crippen molar-refractivity contribution in [2.75, 3.05) is 13.2 Å². The Hall–Kier alpha value is -2.73. The number of aromatic nitrogens is 3. The van der Waals surface area contributed by atoms with Crippen molar-refractivity contribution in [3.63, 3.8) is 0 Å². The average Bonchev–Trinajstić information content (AvgIpc) is 3.47. The lowest BCUT2D eigenvalue weighted by atomic mass is 10.2. The maximum absolute atomic E-state index is 13.2. The first-order valence-electron chi connectivity index (χ1n) is 9.53. The quantitative estimate of drug-likeness (QED) is 0.716. The summed E-state index contributed by atoms with van der Waals surface area (Å²) in [5, 5.41) is 5.44. The zero-order chi connectivity index (χ0) is 18.2. The van der Waals surface area contributed by atoms with Gasteiger partial charge >= 0.3 is 0 Å². The van der Waals surface area contributed by atoms with E-state index in [0.29, 0.717) is 31.2 Å². The molecule has 138 valence electrons. The maximum Gasteiger partial charge on any atom is 0.272 e. The number of carbonyl (C=O) groups is 1. The van der Waals surface area contributed by atoms with Crippen LogP contribution < -0.4 is 0 Å². The topological polar surface area (TPSA) is 60.2 Å². The second kappa shape index (κ2) is 6.78. The van der Waals surface area contributed by atoms with Crippen molar-refractivity contribution in [3.05, 3.63) is 60.0 Å². The lowest BCUT2D eigenvalue weighted by molar-refractivity contribution is 0.0135. The molecule has 1 amide bonds. The van der Waals surface area contributed by atoms with Gasteiger partial charge in [-0.15, -0.1) is 0 Å². The highest BCUT2D eigenvalue weighted by Crippen LogP contribution is 2.29. The van der Waals surface area contributed by atoms with Crippen LogP contribution in [0.4, 0.5) is 0 Å². The lowest BCUT2D eigenvalue weighted by Crippen LogP contribution is -2.38. The number of benzene rings is 1. The van der Waals surface area contributed by atoms with Crippen molar-refractivity contribution in [2.24, 2.45) is 5.92 Å². The summed E-state index contributed by atoms with van der Waals surface area (Å²) in [7, 11) is 0. The third-order valence-corrected chi connectivity index (χ3v) is 5.33. The number of rotatable bonds is 4. The van der Waals surface area contributed by atoms with Gasteiger partial charge in [-0.05, 0) is 37.0 Å². The van der Waals surface area contributed by atoms with Gasteiger partial charge in [0.15, 0.2) is 0 Å². The lowest BCUT2D eigenvalue weighted by Gasteiger charge is -2.24. The smallest absolute Gasteiger partial charge is 0.272 e. The van der Waals surface area contributed by atoms with E-state index in [-0.39, 0.29) is 12.0 Å². The van der Waals surface area contributed by atoms with Gasteiger partial charge in [0, 0.05) is 24.7 Å². The SMILES string of the molecule is O=C(c1ccc2ccccc2n1)N1Cc2ccnn2C[C@@H](OCC2CC2)C1. The van der Waals surface area contributed by atoms with Crippen molar-refractivity contribution >= 4 is 16.8 Å². The van der Waals surface area contributed by atoms with E-state index in [0.717, 1.165) is 23.2 Å². The molecular formula is C21H22N4O2. The minimum atomic E-state index is -0.0598. The summed E-state index contributed by atoms with van der Waals surface area (Å²) in [4.78, 5) is 19.6. The molecule has 1 aliphatic carbocycles. The van der Waals surface area contributed by atoms with Crippen LogP contribution in [0.5, 0.6) is 0 Å². The zero-order valence-corrected chi connectivity index (χ0v) is 15.1. The number of amides is 1. The number of nitrogens with zero attached hydrogens (tertiary/aromatic N) is 4. The number of carbonyl (C=O) groups excluding carboxylic acids is 1. The molecule has 0 spiro atoms. The summed E-state index contributed by atoms with van der Waals surface area (Å²) in [6.07, 6.45) is 4.25. The van der Waals surface area contributed by atoms with Gasteiger partial charge in [-0.25, -0.2) is 4.98 Å². The predicted molar refractivity (Wildman–Crippen MR) is 101 cm³/mol. The molecule has 1 fully saturated rings. The number of hydrogen-bond donors (Lipinski definition) is 0. The normalized spacial score (nSPS) is 19.7. The maximum atomic E-state index is 13.2. The van der Waals surface area contributed by atoms with E-state index >= 15 is 0 Å². The Bertz CT molecular complexity index is 979. The van der Waals surface area contributed by atoms with Gasteiger partial charge in [-0.2, -0.15) is 5.10 Å². The number of pyridine rings is 1. The molecule has 1 aromatic carbocycles. The minimum Gasteiger partial charge on any atom is -0.374 e. The van der Waals surface area contributed by atoms with Crippen LogP contribution in [0.25, 0.3) is 10.9 Å². The van der Waals surface area contributed by atoms with Gasteiger partial charge in [0.2, 0.25) is 0 Å². The van der Waals surface area contributed by atoms with Crippen molar-refractivity contribution < 1.29 is 9.53 Å². The fraction of sp³-hybridized carbons (Fsp3) is 0.381. The summed E-state index contributed by atoms with van der Waals surface area (Å²) in [5.41, 5.74) is 2.34. The second-order valence-electron chi connectivity index (χ2n) is 7.48. The molecule has 1 aliphatic heterocycles. The van der Waals surface area contributed by atoms with Crippen LogP contribution in [0.2, 0.25) is 0 Å². The van der Waals surface area contributed by atoms with E-state index in [9.17, 15) is 4.79 Å². The third-order valence-electron chi connectivity index (χ3n) is 5.33. The van der Waals surface area contributed by atoms with Crippen LogP contribution in [0.3, 0.4) is 0 Å². The van der Waals surface area contributed by atoms with E-state index in [1.165, 1.54) is 12.8 Å². The second-order valence-corrected chi connectivity index (χ2v) is 7.48. The van der Waals surface area contributed by atoms with Crippen molar-refractivity contribution in [2.45, 2.75) is 32.0 Å². The fourth-order valence-electron chi connectivity index (χ4n) is 3.58. The molecule has 1 atom stereocenters. The van der Waals surface area contributed by atoms with Crippen LogP contribution in [0.15, 0.2) is 48.7 Å². The van der Waals surface area contributed by atoms with Crippen molar-refractivity contribution in [1.82, 2.24) is 19.7 Å². The highest BCUT2D eigenvalue weighted by Gasteiger charge is 2.29. The number of hydrogen-bond acceptors (Lipinski definition) is 4. The van der Waals surface area contributed by atoms with E-state index in [2.05, 4.69) is 10.1 Å². The van der Waals surface area contributed by atoms with Gasteiger partial charge in [0.25, 0.3) is 5.91 Å². The average molecular weight is 362 g/mol. The molecule has 0 unspecified atom stereocenters. The minimum absolute atomic E-state index is 0.0452. The summed E-state index contributed by atoms with van der Waals surface area (Å²) in [6.45, 7) is 2.54. The molecule has 27 heavy (non-hydrogen) atoms. The Morgan fingerprint density at radius 1 is 1.11 bits per heavy atom. The predicted octanol–water partition coefficient (Wildman–Crippen LogP) is 2.88. The summed E-state index contributed by atoms with van der Waals surface area (Å²) >= 11 is 0. The van der Waals surface area contributed by atoms with Crippen LogP contribution in [0, 0.1) is 5.92 Å². The molecule has 2 aliphatic rings. The van der Waals surface area contributed by atoms with E-state index < -0.39 is 0 Å². The molecule has 0 radical (unpaired) electrons. The van der Waals surface area contributed by atoms with Gasteiger partial charge in [0.1, 0.15) is 5.69 Å². The third kappa shape index (κ3) is 3.45. The summed E-state index contributed by atoms with van der Waals surface area (Å²) < 4.78 is 8.08. The number of fused-ring (bicyclic) bond motifs is 2.